The van der Waals surface area contributed by atoms with Gasteiger partial charge in [-0.15, -0.1) is 0 Å². The molecule has 1 saturated heterocycles. The molecule has 2 heterocycles. The monoisotopic (exact) mass is 310 g/mol. The van der Waals surface area contributed by atoms with E-state index in [2.05, 4.69) is 27.8 Å². The van der Waals surface area contributed by atoms with Gasteiger partial charge in [0.2, 0.25) is 0 Å². The first kappa shape index (κ1) is 15.4. The van der Waals surface area contributed by atoms with Crippen molar-refractivity contribution in [2.24, 2.45) is 0 Å². The SMILES string of the molecule is C[C@H](c1cccnc1)N1CCN(c2cccc(F)c2C#N)CC1. The number of nitriles is 1. The zero-order chi connectivity index (χ0) is 16.2. The number of piperazine rings is 1. The molecule has 0 saturated carbocycles. The summed E-state index contributed by atoms with van der Waals surface area (Å²) in [6.07, 6.45) is 3.68. The molecular weight excluding hydrogens is 291 g/mol. The molecule has 1 aliphatic heterocycles. The maximum absolute atomic E-state index is 13.8. The van der Waals surface area contributed by atoms with E-state index in [4.69, 9.17) is 0 Å². The van der Waals surface area contributed by atoms with Crippen molar-refractivity contribution in [3.05, 3.63) is 59.7 Å². The molecule has 0 aliphatic carbocycles. The summed E-state index contributed by atoms with van der Waals surface area (Å²) in [5.41, 5.74) is 2.03. The third-order valence-corrected chi connectivity index (χ3v) is 4.47. The van der Waals surface area contributed by atoms with Gasteiger partial charge in [-0.3, -0.25) is 9.88 Å². The Hall–Kier alpha value is -2.45. The van der Waals surface area contributed by atoms with Gasteiger partial charge < -0.3 is 4.90 Å². The summed E-state index contributed by atoms with van der Waals surface area (Å²) >= 11 is 0. The number of rotatable bonds is 3. The van der Waals surface area contributed by atoms with E-state index in [1.54, 1.807) is 12.3 Å². The number of pyridine rings is 1. The minimum atomic E-state index is -0.448. The third-order valence-electron chi connectivity index (χ3n) is 4.47. The molecule has 1 aromatic heterocycles. The van der Waals surface area contributed by atoms with Crippen molar-refractivity contribution in [2.45, 2.75) is 13.0 Å². The molecule has 1 fully saturated rings. The maximum Gasteiger partial charge on any atom is 0.143 e. The van der Waals surface area contributed by atoms with Crippen LogP contribution in [0.15, 0.2) is 42.7 Å². The van der Waals surface area contributed by atoms with Crippen molar-refractivity contribution in [3.63, 3.8) is 0 Å². The van der Waals surface area contributed by atoms with Crippen molar-refractivity contribution in [2.75, 3.05) is 31.1 Å². The van der Waals surface area contributed by atoms with E-state index >= 15 is 0 Å². The molecule has 118 valence electrons. The zero-order valence-electron chi connectivity index (χ0n) is 13.1. The molecule has 1 atom stereocenters. The van der Waals surface area contributed by atoms with E-state index in [1.807, 2.05) is 24.4 Å². The summed E-state index contributed by atoms with van der Waals surface area (Å²) in [5, 5.41) is 9.18. The molecule has 0 radical (unpaired) electrons. The Morgan fingerprint density at radius 1 is 1.17 bits per heavy atom. The Labute approximate surface area is 135 Å². The fourth-order valence-electron chi connectivity index (χ4n) is 3.07. The van der Waals surface area contributed by atoms with E-state index in [9.17, 15) is 9.65 Å². The van der Waals surface area contributed by atoms with Crippen LogP contribution in [0.2, 0.25) is 0 Å². The van der Waals surface area contributed by atoms with Gasteiger partial charge in [-0.05, 0) is 30.7 Å². The van der Waals surface area contributed by atoms with Crippen LogP contribution >= 0.6 is 0 Å². The van der Waals surface area contributed by atoms with Gasteiger partial charge in [0.25, 0.3) is 0 Å². The van der Waals surface area contributed by atoms with Gasteiger partial charge in [0.1, 0.15) is 17.4 Å². The molecule has 5 heteroatoms. The fraction of sp³-hybridized carbons (Fsp3) is 0.333. The molecule has 0 unspecified atom stereocenters. The minimum absolute atomic E-state index is 0.140. The molecule has 0 amide bonds. The van der Waals surface area contributed by atoms with Gasteiger partial charge in [0.05, 0.1) is 5.69 Å². The van der Waals surface area contributed by atoms with Gasteiger partial charge in [-0.25, -0.2) is 4.39 Å². The number of benzene rings is 1. The number of anilines is 1. The van der Waals surface area contributed by atoms with Gasteiger partial charge in [0, 0.05) is 44.6 Å². The van der Waals surface area contributed by atoms with Gasteiger partial charge >= 0.3 is 0 Å². The normalized spacial score (nSPS) is 16.8. The summed E-state index contributed by atoms with van der Waals surface area (Å²) in [6.45, 7) is 5.48. The molecule has 3 rings (SSSR count). The smallest absolute Gasteiger partial charge is 0.143 e. The number of hydrogen-bond acceptors (Lipinski definition) is 4. The van der Waals surface area contributed by atoms with E-state index in [0.717, 1.165) is 26.2 Å². The highest BCUT2D eigenvalue weighted by Gasteiger charge is 2.24. The Kier molecular flexibility index (Phi) is 4.54. The van der Waals surface area contributed by atoms with Crippen LogP contribution < -0.4 is 4.90 Å². The highest BCUT2D eigenvalue weighted by molar-refractivity contribution is 5.60. The van der Waals surface area contributed by atoms with Gasteiger partial charge in [-0.2, -0.15) is 5.26 Å². The van der Waals surface area contributed by atoms with Gasteiger partial charge in [-0.1, -0.05) is 12.1 Å². The standard InChI is InChI=1S/C18H19FN4/c1-14(15-4-3-7-21-13-15)22-8-10-23(11-9-22)18-6-2-5-17(19)16(18)12-20/h2-7,13-14H,8-11H2,1H3/t14-/m1/s1. The first-order valence-corrected chi connectivity index (χ1v) is 7.78. The number of nitrogens with zero attached hydrogens (tertiary/aromatic N) is 4. The predicted molar refractivity (Wildman–Crippen MR) is 87.6 cm³/mol. The quantitative estimate of drug-likeness (QED) is 0.874. The van der Waals surface area contributed by atoms with Crippen LogP contribution in [-0.2, 0) is 0 Å². The van der Waals surface area contributed by atoms with Crippen LogP contribution in [0.25, 0.3) is 0 Å². The maximum atomic E-state index is 13.8. The molecule has 0 spiro atoms. The molecule has 2 aromatic rings. The first-order valence-electron chi connectivity index (χ1n) is 7.78. The topological polar surface area (TPSA) is 43.2 Å². The van der Waals surface area contributed by atoms with Crippen LogP contribution in [0.1, 0.15) is 24.1 Å². The predicted octanol–water partition coefficient (Wildman–Crippen LogP) is 2.98. The third kappa shape index (κ3) is 3.17. The number of hydrogen-bond donors (Lipinski definition) is 0. The molecule has 23 heavy (non-hydrogen) atoms. The Balaban J connectivity index is 1.70. The van der Waals surface area contributed by atoms with Crippen molar-refractivity contribution >= 4 is 5.69 Å². The lowest BCUT2D eigenvalue weighted by molar-refractivity contribution is 0.198. The van der Waals surface area contributed by atoms with Crippen LogP contribution in [0.4, 0.5) is 10.1 Å². The van der Waals surface area contributed by atoms with E-state index < -0.39 is 5.82 Å². The Morgan fingerprint density at radius 2 is 1.96 bits per heavy atom. The zero-order valence-corrected chi connectivity index (χ0v) is 13.1. The van der Waals surface area contributed by atoms with Crippen LogP contribution in [0, 0.1) is 17.1 Å². The Morgan fingerprint density at radius 3 is 2.61 bits per heavy atom. The summed E-state index contributed by atoms with van der Waals surface area (Å²) in [4.78, 5) is 8.66. The molecule has 1 aromatic carbocycles. The van der Waals surface area contributed by atoms with E-state index in [1.165, 1.54) is 11.6 Å². The second-order valence-electron chi connectivity index (χ2n) is 5.73. The number of aromatic nitrogens is 1. The average molecular weight is 310 g/mol. The average Bonchev–Trinajstić information content (AvgIpc) is 2.62. The first-order chi connectivity index (χ1) is 11.2. The van der Waals surface area contributed by atoms with Crippen molar-refractivity contribution < 1.29 is 4.39 Å². The second kappa shape index (κ2) is 6.76. The largest absolute Gasteiger partial charge is 0.368 e. The molecule has 0 N–H and O–H groups in total. The second-order valence-corrected chi connectivity index (χ2v) is 5.73. The van der Waals surface area contributed by atoms with E-state index in [-0.39, 0.29) is 5.56 Å². The van der Waals surface area contributed by atoms with Crippen molar-refractivity contribution in [1.29, 1.82) is 5.26 Å². The lowest BCUT2D eigenvalue weighted by Gasteiger charge is -2.39. The highest BCUT2D eigenvalue weighted by Crippen LogP contribution is 2.26. The summed E-state index contributed by atoms with van der Waals surface area (Å²) in [5.74, 6) is -0.448. The molecule has 0 bridgehead atoms. The van der Waals surface area contributed by atoms with Crippen molar-refractivity contribution in [3.8, 4) is 6.07 Å². The summed E-state index contributed by atoms with van der Waals surface area (Å²) < 4.78 is 13.8. The van der Waals surface area contributed by atoms with E-state index in [0.29, 0.717) is 11.7 Å². The lowest BCUT2D eigenvalue weighted by atomic mass is 10.1. The number of halogens is 1. The molecule has 4 nitrogen and oxygen atoms in total. The summed E-state index contributed by atoms with van der Waals surface area (Å²) in [7, 11) is 0. The summed E-state index contributed by atoms with van der Waals surface area (Å²) in [6, 6.07) is 11.1. The highest BCUT2D eigenvalue weighted by atomic mass is 19.1. The van der Waals surface area contributed by atoms with Crippen LogP contribution in [0.5, 0.6) is 0 Å². The fourth-order valence-corrected chi connectivity index (χ4v) is 3.07. The van der Waals surface area contributed by atoms with Gasteiger partial charge in [0.15, 0.2) is 0 Å². The Bertz CT molecular complexity index is 703. The lowest BCUT2D eigenvalue weighted by Crippen LogP contribution is -2.47. The minimum Gasteiger partial charge on any atom is -0.368 e. The van der Waals surface area contributed by atoms with Crippen LogP contribution in [-0.4, -0.2) is 36.1 Å². The van der Waals surface area contributed by atoms with Crippen LogP contribution in [0.3, 0.4) is 0 Å². The van der Waals surface area contributed by atoms with Crippen molar-refractivity contribution in [1.82, 2.24) is 9.88 Å². The molecular formula is C18H19FN4. The molecule has 1 aliphatic rings.